The minimum absolute atomic E-state index is 0.178. The topological polar surface area (TPSA) is 87.1 Å². The van der Waals surface area contributed by atoms with Gasteiger partial charge in [-0.25, -0.2) is 0 Å². The summed E-state index contributed by atoms with van der Waals surface area (Å²) in [6.07, 6.45) is 7.64. The number of aromatic nitrogens is 4. The molecule has 1 fully saturated rings. The van der Waals surface area contributed by atoms with Crippen molar-refractivity contribution in [2.24, 2.45) is 10.9 Å². The SMILES string of the molecule is CCCCC1=NC(C)(C2CCCC2)C(=O)N1Cc1ccc(-c2ccccc2-c2nn[nH]n2)cc1. The van der Waals surface area contributed by atoms with Gasteiger partial charge in [0.25, 0.3) is 5.91 Å². The number of aromatic amines is 1. The predicted molar refractivity (Wildman–Crippen MR) is 133 cm³/mol. The lowest BCUT2D eigenvalue weighted by Crippen LogP contribution is -2.44. The summed E-state index contributed by atoms with van der Waals surface area (Å²) in [5, 5.41) is 14.5. The standard InChI is InChI=1S/C27H32N6O/c1-3-4-13-24-28-27(2,21-9-5-6-10-21)26(34)33(24)18-19-14-16-20(17-15-19)22-11-7-8-12-23(22)25-29-31-32-30-25/h7-8,11-12,14-17,21H,3-6,9-10,13,18H2,1-2H3,(H,29,30,31,32). The van der Waals surface area contributed by atoms with Crippen LogP contribution in [0.3, 0.4) is 0 Å². The fourth-order valence-electron chi connectivity index (χ4n) is 5.39. The van der Waals surface area contributed by atoms with Gasteiger partial charge in [-0.05, 0) is 54.0 Å². The van der Waals surface area contributed by atoms with E-state index < -0.39 is 5.54 Å². The number of carbonyl (C=O) groups is 1. The van der Waals surface area contributed by atoms with Crippen LogP contribution in [0.1, 0.15) is 64.4 Å². The van der Waals surface area contributed by atoms with Crippen molar-refractivity contribution >= 4 is 11.7 Å². The number of rotatable bonds is 8. The van der Waals surface area contributed by atoms with Gasteiger partial charge in [-0.3, -0.25) is 14.7 Å². The fraction of sp³-hybridized carbons (Fsp3) is 0.444. The molecule has 0 saturated heterocycles. The molecule has 34 heavy (non-hydrogen) atoms. The number of aliphatic imine (C=N–C) groups is 1. The molecule has 1 amide bonds. The third-order valence-corrected chi connectivity index (χ3v) is 7.37. The molecule has 1 aliphatic heterocycles. The Kier molecular flexibility index (Phi) is 6.26. The van der Waals surface area contributed by atoms with Gasteiger partial charge in [-0.15, -0.1) is 10.2 Å². The van der Waals surface area contributed by atoms with E-state index in [-0.39, 0.29) is 5.91 Å². The van der Waals surface area contributed by atoms with Crippen molar-refractivity contribution in [2.45, 2.75) is 70.9 Å². The van der Waals surface area contributed by atoms with E-state index in [0.29, 0.717) is 18.3 Å². The average molecular weight is 457 g/mol. The van der Waals surface area contributed by atoms with E-state index in [2.05, 4.69) is 64.8 Å². The van der Waals surface area contributed by atoms with Crippen molar-refractivity contribution in [3.63, 3.8) is 0 Å². The van der Waals surface area contributed by atoms with Crippen LogP contribution in [-0.2, 0) is 11.3 Å². The number of amides is 1. The first-order valence-corrected chi connectivity index (χ1v) is 12.4. The van der Waals surface area contributed by atoms with Gasteiger partial charge in [0.05, 0.1) is 6.54 Å². The van der Waals surface area contributed by atoms with Gasteiger partial charge in [0.1, 0.15) is 11.4 Å². The van der Waals surface area contributed by atoms with Crippen LogP contribution in [0.5, 0.6) is 0 Å². The second kappa shape index (κ2) is 9.49. The molecule has 1 unspecified atom stereocenters. The Labute approximate surface area is 200 Å². The van der Waals surface area contributed by atoms with E-state index in [1.807, 2.05) is 23.1 Å². The number of hydrogen-bond donors (Lipinski definition) is 1. The summed E-state index contributed by atoms with van der Waals surface area (Å²) in [5.41, 5.74) is 3.57. The number of nitrogens with one attached hydrogen (secondary N) is 1. The highest BCUT2D eigenvalue weighted by atomic mass is 16.2. The van der Waals surface area contributed by atoms with Gasteiger partial charge < -0.3 is 0 Å². The maximum absolute atomic E-state index is 13.6. The largest absolute Gasteiger partial charge is 0.294 e. The lowest BCUT2D eigenvalue weighted by atomic mass is 9.84. The van der Waals surface area contributed by atoms with Gasteiger partial charge in [-0.2, -0.15) is 5.21 Å². The summed E-state index contributed by atoms with van der Waals surface area (Å²) >= 11 is 0. The van der Waals surface area contributed by atoms with Gasteiger partial charge in [0.2, 0.25) is 5.82 Å². The normalized spacial score (nSPS) is 20.8. The minimum Gasteiger partial charge on any atom is -0.294 e. The Bertz CT molecular complexity index is 1160. The second-order valence-corrected chi connectivity index (χ2v) is 9.63. The molecule has 1 aliphatic carbocycles. The van der Waals surface area contributed by atoms with Crippen molar-refractivity contribution in [3.05, 3.63) is 54.1 Å². The molecule has 0 spiro atoms. The van der Waals surface area contributed by atoms with Crippen molar-refractivity contribution < 1.29 is 4.79 Å². The maximum atomic E-state index is 13.6. The van der Waals surface area contributed by atoms with Gasteiger partial charge >= 0.3 is 0 Å². The van der Waals surface area contributed by atoms with Crippen LogP contribution < -0.4 is 0 Å². The maximum Gasteiger partial charge on any atom is 0.256 e. The molecule has 1 atom stereocenters. The molecule has 7 heteroatoms. The summed E-state index contributed by atoms with van der Waals surface area (Å²) in [5.74, 6) is 2.08. The fourth-order valence-corrected chi connectivity index (χ4v) is 5.39. The van der Waals surface area contributed by atoms with E-state index in [1.54, 1.807) is 0 Å². The molecule has 2 aromatic carbocycles. The molecule has 3 aromatic rings. The van der Waals surface area contributed by atoms with Crippen LogP contribution in [0.15, 0.2) is 53.5 Å². The average Bonchev–Trinajstić information content (AvgIpc) is 3.63. The van der Waals surface area contributed by atoms with E-state index in [0.717, 1.165) is 60.2 Å². The van der Waals surface area contributed by atoms with E-state index >= 15 is 0 Å². The van der Waals surface area contributed by atoms with Gasteiger partial charge in [-0.1, -0.05) is 74.7 Å². The van der Waals surface area contributed by atoms with Crippen LogP contribution in [0.25, 0.3) is 22.5 Å². The smallest absolute Gasteiger partial charge is 0.256 e. The Morgan fingerprint density at radius 2 is 1.79 bits per heavy atom. The summed E-state index contributed by atoms with van der Waals surface area (Å²) in [4.78, 5) is 20.7. The third kappa shape index (κ3) is 4.15. The first-order chi connectivity index (χ1) is 16.6. The molecular formula is C27H32N6O. The van der Waals surface area contributed by atoms with Crippen molar-refractivity contribution in [1.29, 1.82) is 0 Å². The number of unbranched alkanes of at least 4 members (excludes halogenated alkanes) is 1. The number of H-pyrrole nitrogens is 1. The summed E-state index contributed by atoms with van der Waals surface area (Å²) in [6, 6.07) is 16.5. The zero-order valence-corrected chi connectivity index (χ0v) is 20.0. The second-order valence-electron chi connectivity index (χ2n) is 9.63. The molecule has 176 valence electrons. The molecule has 1 N–H and O–H groups in total. The summed E-state index contributed by atoms with van der Waals surface area (Å²) in [6.45, 7) is 4.81. The Hall–Kier alpha value is -3.35. The number of tetrazole rings is 1. The Morgan fingerprint density at radius 3 is 2.47 bits per heavy atom. The lowest BCUT2D eigenvalue weighted by Gasteiger charge is -2.28. The van der Waals surface area contributed by atoms with Crippen molar-refractivity contribution in [3.8, 4) is 22.5 Å². The van der Waals surface area contributed by atoms with E-state index in [1.165, 1.54) is 12.8 Å². The molecule has 0 radical (unpaired) electrons. The van der Waals surface area contributed by atoms with Crippen LogP contribution >= 0.6 is 0 Å². The highest BCUT2D eigenvalue weighted by molar-refractivity contribution is 6.08. The van der Waals surface area contributed by atoms with E-state index in [4.69, 9.17) is 4.99 Å². The number of hydrogen-bond acceptors (Lipinski definition) is 5. The molecule has 0 bridgehead atoms. The van der Waals surface area contributed by atoms with Crippen molar-refractivity contribution in [2.75, 3.05) is 0 Å². The molecule has 1 aromatic heterocycles. The Morgan fingerprint density at radius 1 is 1.06 bits per heavy atom. The number of carbonyl (C=O) groups excluding carboxylic acids is 1. The first kappa shape index (κ1) is 22.4. The number of nitrogens with zero attached hydrogens (tertiary/aromatic N) is 5. The summed E-state index contributed by atoms with van der Waals surface area (Å²) < 4.78 is 0. The van der Waals surface area contributed by atoms with Crippen molar-refractivity contribution in [1.82, 2.24) is 25.5 Å². The molecular weight excluding hydrogens is 424 g/mol. The van der Waals surface area contributed by atoms with E-state index in [9.17, 15) is 4.79 Å². The third-order valence-electron chi connectivity index (χ3n) is 7.37. The first-order valence-electron chi connectivity index (χ1n) is 12.4. The van der Waals surface area contributed by atoms with Crippen LogP contribution in [0.2, 0.25) is 0 Å². The molecule has 7 nitrogen and oxygen atoms in total. The number of benzene rings is 2. The quantitative estimate of drug-likeness (QED) is 0.491. The minimum atomic E-state index is -0.594. The highest BCUT2D eigenvalue weighted by Gasteiger charge is 2.49. The highest BCUT2D eigenvalue weighted by Crippen LogP contribution is 2.41. The van der Waals surface area contributed by atoms with Gasteiger partial charge in [0.15, 0.2) is 0 Å². The monoisotopic (exact) mass is 456 g/mol. The molecule has 5 rings (SSSR count). The number of amidine groups is 1. The lowest BCUT2D eigenvalue weighted by molar-refractivity contribution is -0.132. The van der Waals surface area contributed by atoms with Gasteiger partial charge in [0, 0.05) is 12.0 Å². The van der Waals surface area contributed by atoms with Crippen LogP contribution in [0, 0.1) is 5.92 Å². The Balaban J connectivity index is 1.38. The molecule has 1 saturated carbocycles. The summed E-state index contributed by atoms with van der Waals surface area (Å²) in [7, 11) is 0. The molecule has 2 aliphatic rings. The zero-order chi connectivity index (χ0) is 23.5. The van der Waals surface area contributed by atoms with Crippen LogP contribution in [0.4, 0.5) is 0 Å². The van der Waals surface area contributed by atoms with Crippen LogP contribution in [-0.4, -0.2) is 42.8 Å². The molecule has 2 heterocycles. The zero-order valence-electron chi connectivity index (χ0n) is 20.0. The predicted octanol–water partition coefficient (Wildman–Crippen LogP) is 5.41.